The molecule has 9 heteroatoms. The Morgan fingerprint density at radius 2 is 1.88 bits per heavy atom. The van der Waals surface area contributed by atoms with Gasteiger partial charge in [0.2, 0.25) is 11.7 Å². The van der Waals surface area contributed by atoms with Gasteiger partial charge in [-0.1, -0.05) is 13.3 Å². The average molecular weight is 482 g/mol. The lowest BCUT2D eigenvalue weighted by atomic mass is 10.0. The molecule has 0 radical (unpaired) electrons. The number of carbonyl (C=O) groups is 1. The van der Waals surface area contributed by atoms with E-state index in [0.717, 1.165) is 25.2 Å². The van der Waals surface area contributed by atoms with E-state index in [1.807, 2.05) is 54.5 Å². The van der Waals surface area contributed by atoms with Crippen LogP contribution < -0.4 is 15.8 Å². The van der Waals surface area contributed by atoms with Gasteiger partial charge < -0.3 is 24.1 Å². The highest BCUT2D eigenvalue weighted by molar-refractivity contribution is 8.14. The van der Waals surface area contributed by atoms with Crippen LogP contribution in [0.3, 0.4) is 0 Å². The maximum absolute atomic E-state index is 13.4. The van der Waals surface area contributed by atoms with E-state index in [1.54, 1.807) is 0 Å². The number of carbonyl (C=O) groups excluding carboxylic acids is 1. The predicted molar refractivity (Wildman–Crippen MR) is 134 cm³/mol. The first-order chi connectivity index (χ1) is 15.7. The fourth-order valence-corrected chi connectivity index (χ4v) is 5.14. The van der Waals surface area contributed by atoms with Crippen LogP contribution in [0.2, 0.25) is 0 Å². The van der Waals surface area contributed by atoms with E-state index < -0.39 is 23.0 Å². The average Bonchev–Trinajstić information content (AvgIpc) is 3.18. The smallest absolute Gasteiger partial charge is 0.338 e. The van der Waals surface area contributed by atoms with Crippen molar-refractivity contribution in [2.75, 3.05) is 37.0 Å². The van der Waals surface area contributed by atoms with Crippen molar-refractivity contribution in [1.82, 2.24) is 5.32 Å². The van der Waals surface area contributed by atoms with E-state index in [-0.39, 0.29) is 5.91 Å². The van der Waals surface area contributed by atoms with Crippen LogP contribution in [0.15, 0.2) is 26.3 Å². The van der Waals surface area contributed by atoms with Crippen LogP contribution in [0.4, 0.5) is 5.69 Å². The van der Waals surface area contributed by atoms with Crippen LogP contribution in [0.1, 0.15) is 73.1 Å². The quantitative estimate of drug-likeness (QED) is 0.423. The number of aliphatic imine (C=N–C) groups is 1. The number of thioether (sulfide) groups is 1. The molecule has 2 rings (SSSR count). The molecule has 1 aliphatic rings. The third kappa shape index (κ3) is 6.61. The number of amides is 1. The molecule has 0 aromatic carbocycles. The Hall–Kier alpha value is -1.84. The molecule has 1 amide bonds. The summed E-state index contributed by atoms with van der Waals surface area (Å²) in [5.74, 6) is -0.243. The highest BCUT2D eigenvalue weighted by Gasteiger charge is 2.45. The molecule has 1 aliphatic heterocycles. The molecule has 0 saturated heterocycles. The van der Waals surface area contributed by atoms with Gasteiger partial charge >= 0.3 is 5.63 Å². The van der Waals surface area contributed by atoms with Crippen molar-refractivity contribution in [3.05, 3.63) is 28.3 Å². The van der Waals surface area contributed by atoms with Crippen molar-refractivity contribution in [2.45, 2.75) is 78.7 Å². The summed E-state index contributed by atoms with van der Waals surface area (Å²) in [5, 5.41) is 3.75. The van der Waals surface area contributed by atoms with Crippen molar-refractivity contribution >= 4 is 28.4 Å². The first-order valence-corrected chi connectivity index (χ1v) is 12.9. The molecule has 8 nitrogen and oxygen atoms in total. The molecule has 1 N–H and O–H groups in total. The van der Waals surface area contributed by atoms with Crippen LogP contribution >= 0.6 is 11.8 Å². The molecule has 0 bridgehead atoms. The number of rotatable bonds is 13. The summed E-state index contributed by atoms with van der Waals surface area (Å²) in [6, 6.07) is 2.93. The van der Waals surface area contributed by atoms with Gasteiger partial charge in [-0.15, -0.1) is 11.8 Å². The van der Waals surface area contributed by atoms with E-state index in [0.29, 0.717) is 36.2 Å². The third-order valence-electron chi connectivity index (χ3n) is 5.68. The van der Waals surface area contributed by atoms with Gasteiger partial charge in [0, 0.05) is 49.9 Å². The lowest BCUT2D eigenvalue weighted by Gasteiger charge is -2.29. The second-order valence-electron chi connectivity index (χ2n) is 8.32. The zero-order chi connectivity index (χ0) is 24.6. The van der Waals surface area contributed by atoms with E-state index in [1.165, 1.54) is 17.8 Å². The Morgan fingerprint density at radius 3 is 2.42 bits per heavy atom. The summed E-state index contributed by atoms with van der Waals surface area (Å²) in [6.45, 7) is 16.0. The summed E-state index contributed by atoms with van der Waals surface area (Å²) in [5.41, 5.74) is -0.594. The second-order valence-corrected chi connectivity index (χ2v) is 9.28. The minimum absolute atomic E-state index is 0.213. The number of anilines is 1. The number of hydrogen-bond donors (Lipinski definition) is 1. The summed E-state index contributed by atoms with van der Waals surface area (Å²) < 4.78 is 17.2. The number of nitrogens with one attached hydrogen (secondary N) is 1. The molecule has 2 atom stereocenters. The number of nitrogens with zero attached hydrogens (tertiary/aromatic N) is 2. The summed E-state index contributed by atoms with van der Waals surface area (Å²) in [7, 11) is 0. The van der Waals surface area contributed by atoms with Gasteiger partial charge in [0.15, 0.2) is 0 Å². The molecule has 1 aromatic heterocycles. The Balaban J connectivity index is 2.31. The molecule has 2 heterocycles. The molecule has 0 unspecified atom stereocenters. The Morgan fingerprint density at radius 1 is 1.24 bits per heavy atom. The maximum Gasteiger partial charge on any atom is 0.338 e. The largest absolute Gasteiger partial charge is 0.426 e. The van der Waals surface area contributed by atoms with E-state index in [4.69, 9.17) is 18.9 Å². The monoisotopic (exact) mass is 481 g/mol. The maximum atomic E-state index is 13.4. The first kappa shape index (κ1) is 27.4. The van der Waals surface area contributed by atoms with Crippen LogP contribution in [0.25, 0.3) is 0 Å². The Kier molecular flexibility index (Phi) is 10.00. The van der Waals surface area contributed by atoms with Crippen molar-refractivity contribution in [1.29, 1.82) is 0 Å². The molecule has 0 aliphatic carbocycles. The van der Waals surface area contributed by atoms with Gasteiger partial charge in [-0.3, -0.25) is 9.79 Å². The van der Waals surface area contributed by atoms with E-state index in [2.05, 4.69) is 10.2 Å². The lowest BCUT2D eigenvalue weighted by Crippen LogP contribution is -2.45. The van der Waals surface area contributed by atoms with Crippen LogP contribution in [0, 0.1) is 0 Å². The zero-order valence-electron chi connectivity index (χ0n) is 21.0. The fraction of sp³-hybridized carbons (Fsp3) is 0.708. The number of hydrogen-bond acceptors (Lipinski definition) is 8. The second kappa shape index (κ2) is 12.0. The summed E-state index contributed by atoms with van der Waals surface area (Å²) in [4.78, 5) is 32.5. The molecule has 0 fully saturated rings. The minimum Gasteiger partial charge on any atom is -0.426 e. The minimum atomic E-state index is -0.974. The Labute approximate surface area is 201 Å². The van der Waals surface area contributed by atoms with Gasteiger partial charge in [0.05, 0.1) is 6.04 Å². The lowest BCUT2D eigenvalue weighted by molar-refractivity contribution is -0.169. The summed E-state index contributed by atoms with van der Waals surface area (Å²) in [6.07, 6.45) is 1.46. The molecule has 33 heavy (non-hydrogen) atoms. The SMILES string of the molecule is CCC[C@@H](NC(=O)[C@]1(C)CSC(C(C)(OCC)OCC)=N1)c1cc(N(CC)CC)cc(=O)o1. The van der Waals surface area contributed by atoms with E-state index >= 15 is 0 Å². The number of ether oxygens (including phenoxy) is 2. The highest BCUT2D eigenvalue weighted by Crippen LogP contribution is 2.36. The van der Waals surface area contributed by atoms with Crippen molar-refractivity contribution in [3.8, 4) is 0 Å². The van der Waals surface area contributed by atoms with E-state index in [9.17, 15) is 9.59 Å². The van der Waals surface area contributed by atoms with Gasteiger partial charge in [-0.25, -0.2) is 4.79 Å². The zero-order valence-corrected chi connectivity index (χ0v) is 21.8. The van der Waals surface area contributed by atoms with Gasteiger partial charge in [-0.2, -0.15) is 0 Å². The van der Waals surface area contributed by atoms with Crippen LogP contribution in [-0.2, 0) is 14.3 Å². The molecule has 186 valence electrons. The normalized spacial score (nSPS) is 19.3. The van der Waals surface area contributed by atoms with Gasteiger partial charge in [-0.05, 0) is 48.0 Å². The van der Waals surface area contributed by atoms with Crippen LogP contribution in [0.5, 0.6) is 0 Å². The first-order valence-electron chi connectivity index (χ1n) is 11.9. The van der Waals surface area contributed by atoms with Gasteiger partial charge in [0.25, 0.3) is 0 Å². The molecule has 0 saturated carbocycles. The van der Waals surface area contributed by atoms with Crippen molar-refractivity contribution in [3.63, 3.8) is 0 Å². The molecule has 1 aromatic rings. The molecular weight excluding hydrogens is 442 g/mol. The Bertz CT molecular complexity index is 877. The van der Waals surface area contributed by atoms with Crippen molar-refractivity contribution < 1.29 is 18.7 Å². The third-order valence-corrected chi connectivity index (χ3v) is 7.13. The standard InChI is InChI=1S/C24H39N3O5S/c1-8-13-18(19-14-17(15-20(28)32-19)27(9-2)10-3)25-21(29)23(6)16-33-22(26-23)24(7,30-11-4)31-12-5/h14-15,18H,8-13,16H2,1-7H3,(H,25,29)/t18-,23+/m1/s1. The molecular formula is C24H39N3O5S. The van der Waals surface area contributed by atoms with Crippen LogP contribution in [-0.4, -0.2) is 54.3 Å². The highest BCUT2D eigenvalue weighted by atomic mass is 32.2. The fourth-order valence-electron chi connectivity index (χ4n) is 3.88. The van der Waals surface area contributed by atoms with Gasteiger partial charge in [0.1, 0.15) is 16.3 Å². The predicted octanol–water partition coefficient (Wildman–Crippen LogP) is 4.14. The van der Waals surface area contributed by atoms with Crippen molar-refractivity contribution in [2.24, 2.45) is 4.99 Å². The molecule has 0 spiro atoms. The summed E-state index contributed by atoms with van der Waals surface area (Å²) >= 11 is 1.47. The topological polar surface area (TPSA) is 93.4 Å².